The quantitative estimate of drug-likeness (QED) is 0.489. The van der Waals surface area contributed by atoms with Crippen molar-refractivity contribution in [1.82, 2.24) is 0 Å². The monoisotopic (exact) mass is 460 g/mol. The van der Waals surface area contributed by atoms with Crippen LogP contribution in [0.2, 0.25) is 0 Å². The van der Waals surface area contributed by atoms with Gasteiger partial charge < -0.3 is 14.5 Å². The average molecular weight is 461 g/mol. The molecule has 6 heteroatoms. The zero-order chi connectivity index (χ0) is 24.4. The fourth-order valence-electron chi connectivity index (χ4n) is 4.63. The summed E-state index contributed by atoms with van der Waals surface area (Å²) < 4.78 is 19.4. The first kappa shape index (κ1) is 23.5. The predicted octanol–water partition coefficient (Wildman–Crippen LogP) is 5.72. The van der Waals surface area contributed by atoms with Gasteiger partial charge in [-0.3, -0.25) is 9.59 Å². The van der Waals surface area contributed by atoms with Crippen LogP contribution in [0.3, 0.4) is 0 Å². The molecular weight excluding hydrogens is 431 g/mol. The number of anilines is 2. The van der Waals surface area contributed by atoms with Crippen LogP contribution in [0, 0.1) is 12.7 Å². The lowest BCUT2D eigenvalue weighted by Gasteiger charge is -2.40. The van der Waals surface area contributed by atoms with Gasteiger partial charge in [0.25, 0.3) is 5.91 Å². The van der Waals surface area contributed by atoms with Gasteiger partial charge in [-0.25, -0.2) is 4.39 Å². The molecule has 4 rings (SSSR count). The van der Waals surface area contributed by atoms with Crippen molar-refractivity contribution in [3.63, 3.8) is 0 Å². The van der Waals surface area contributed by atoms with E-state index in [2.05, 4.69) is 0 Å². The number of aryl methyl sites for hydroxylation is 1. The maximum Gasteiger partial charge on any atom is 0.258 e. The van der Waals surface area contributed by atoms with Gasteiger partial charge in [-0.05, 0) is 80.8 Å². The molecule has 1 aliphatic heterocycles. The fourth-order valence-corrected chi connectivity index (χ4v) is 4.63. The molecule has 176 valence electrons. The molecule has 0 N–H and O–H groups in total. The highest BCUT2D eigenvalue weighted by Gasteiger charge is 2.38. The number of benzene rings is 3. The molecular formula is C28H29FN2O3. The Labute approximate surface area is 199 Å². The van der Waals surface area contributed by atoms with Crippen LogP contribution in [0.1, 0.15) is 47.7 Å². The topological polar surface area (TPSA) is 49.9 Å². The first-order valence-corrected chi connectivity index (χ1v) is 11.5. The highest BCUT2D eigenvalue weighted by Crippen LogP contribution is 2.41. The molecule has 0 bridgehead atoms. The number of rotatable bonds is 5. The van der Waals surface area contributed by atoms with E-state index in [1.807, 2.05) is 38.1 Å². The molecule has 0 aromatic heterocycles. The smallest absolute Gasteiger partial charge is 0.258 e. The Morgan fingerprint density at radius 3 is 2.44 bits per heavy atom. The maximum absolute atomic E-state index is 14.2. The Balaban J connectivity index is 1.69. The molecule has 2 atom stereocenters. The van der Waals surface area contributed by atoms with Crippen LogP contribution in [0.25, 0.3) is 0 Å². The Bertz CT molecular complexity index is 1210. The number of methoxy groups -OCH3 is 1. The van der Waals surface area contributed by atoms with Crippen molar-refractivity contribution in [2.45, 2.75) is 39.2 Å². The van der Waals surface area contributed by atoms with Crippen molar-refractivity contribution < 1.29 is 18.7 Å². The van der Waals surface area contributed by atoms with E-state index in [-0.39, 0.29) is 23.7 Å². The summed E-state index contributed by atoms with van der Waals surface area (Å²) in [6, 6.07) is 19.2. The van der Waals surface area contributed by atoms with Gasteiger partial charge in [-0.1, -0.05) is 24.3 Å². The third-order valence-electron chi connectivity index (χ3n) is 6.49. The molecule has 0 saturated heterocycles. The van der Waals surface area contributed by atoms with Gasteiger partial charge in [-0.15, -0.1) is 0 Å². The van der Waals surface area contributed by atoms with Gasteiger partial charge in [0.2, 0.25) is 5.91 Å². The summed E-state index contributed by atoms with van der Waals surface area (Å²) in [5.74, 6) is -0.308. The zero-order valence-electron chi connectivity index (χ0n) is 19.9. The van der Waals surface area contributed by atoms with E-state index < -0.39 is 5.92 Å². The van der Waals surface area contributed by atoms with E-state index in [9.17, 15) is 14.0 Å². The van der Waals surface area contributed by atoms with Gasteiger partial charge in [0.1, 0.15) is 11.6 Å². The number of fused-ring (bicyclic) bond motifs is 1. The Hall–Kier alpha value is -3.67. The zero-order valence-corrected chi connectivity index (χ0v) is 19.9. The summed E-state index contributed by atoms with van der Waals surface area (Å²) in [5.41, 5.74) is 3.16. The summed E-state index contributed by atoms with van der Waals surface area (Å²) >= 11 is 0. The first-order chi connectivity index (χ1) is 16.3. The summed E-state index contributed by atoms with van der Waals surface area (Å²) in [6.45, 7) is 5.96. The molecule has 0 fully saturated rings. The summed E-state index contributed by atoms with van der Waals surface area (Å²) in [7, 11) is 1.58. The molecule has 0 radical (unpaired) electrons. The lowest BCUT2D eigenvalue weighted by atomic mass is 9.84. The van der Waals surface area contributed by atoms with Gasteiger partial charge in [0.05, 0.1) is 13.0 Å². The number of hydrogen-bond acceptors (Lipinski definition) is 3. The van der Waals surface area contributed by atoms with Crippen LogP contribution < -0.4 is 14.5 Å². The Kier molecular flexibility index (Phi) is 6.68. The van der Waals surface area contributed by atoms with Crippen LogP contribution in [0.15, 0.2) is 66.7 Å². The predicted molar refractivity (Wildman–Crippen MR) is 132 cm³/mol. The number of carbonyl (C=O) groups is 2. The van der Waals surface area contributed by atoms with Gasteiger partial charge in [0, 0.05) is 29.5 Å². The summed E-state index contributed by atoms with van der Waals surface area (Å²) in [5, 5.41) is 0. The van der Waals surface area contributed by atoms with Gasteiger partial charge in [0.15, 0.2) is 0 Å². The number of para-hydroxylation sites is 1. The highest BCUT2D eigenvalue weighted by atomic mass is 19.1. The molecule has 1 heterocycles. The summed E-state index contributed by atoms with van der Waals surface area (Å²) in [4.78, 5) is 30.6. The molecule has 2 amide bonds. The molecule has 3 aromatic rings. The van der Waals surface area contributed by atoms with Crippen LogP contribution in [0.5, 0.6) is 5.75 Å². The van der Waals surface area contributed by atoms with E-state index >= 15 is 0 Å². The second-order valence-electron chi connectivity index (χ2n) is 8.62. The number of likely N-dealkylation sites (N-methyl/N-ethyl adjacent to an activating group) is 1. The van der Waals surface area contributed by atoms with Crippen LogP contribution >= 0.6 is 0 Å². The molecule has 0 spiro atoms. The van der Waals surface area contributed by atoms with E-state index in [4.69, 9.17) is 4.74 Å². The molecule has 3 aromatic carbocycles. The second-order valence-corrected chi connectivity index (χ2v) is 8.62. The highest BCUT2D eigenvalue weighted by molar-refractivity contribution is 6.09. The van der Waals surface area contributed by atoms with Crippen molar-refractivity contribution in [1.29, 1.82) is 0 Å². The maximum atomic E-state index is 14.2. The third-order valence-corrected chi connectivity index (χ3v) is 6.49. The van der Waals surface area contributed by atoms with Crippen molar-refractivity contribution in [3.05, 3.63) is 89.2 Å². The molecule has 2 unspecified atom stereocenters. The number of halogens is 1. The minimum Gasteiger partial charge on any atom is -0.497 e. The molecule has 5 nitrogen and oxygen atoms in total. The SMILES string of the molecule is CCN(C(=O)C1CC(C)N(C(=O)c2ccc(OC)cc2)c2ccccc21)c1ccc(C)c(F)c1. The van der Waals surface area contributed by atoms with E-state index in [0.717, 1.165) is 11.3 Å². The molecule has 0 aliphatic carbocycles. The average Bonchev–Trinajstić information content (AvgIpc) is 2.85. The standard InChI is InChI=1S/C28H29FN2O3/c1-5-30(21-13-10-18(2)25(29)17-21)28(33)24-16-19(3)31(26-9-7-6-8-23(24)26)27(32)20-11-14-22(34-4)15-12-20/h6-15,17,19,24H,5,16H2,1-4H3. The van der Waals surface area contributed by atoms with Gasteiger partial charge >= 0.3 is 0 Å². The molecule has 0 saturated carbocycles. The van der Waals surface area contributed by atoms with Crippen molar-refractivity contribution in [2.24, 2.45) is 0 Å². The van der Waals surface area contributed by atoms with Crippen LogP contribution in [-0.2, 0) is 4.79 Å². The minimum atomic E-state index is -0.435. The Morgan fingerprint density at radius 1 is 1.09 bits per heavy atom. The van der Waals surface area contributed by atoms with Crippen LogP contribution in [0.4, 0.5) is 15.8 Å². The number of amides is 2. The fraction of sp³-hybridized carbons (Fsp3) is 0.286. The number of carbonyl (C=O) groups excluding carboxylic acids is 2. The van der Waals surface area contributed by atoms with Crippen molar-refractivity contribution >= 4 is 23.2 Å². The number of ether oxygens (including phenoxy) is 1. The summed E-state index contributed by atoms with van der Waals surface area (Å²) in [6.07, 6.45) is 0.475. The molecule has 1 aliphatic rings. The van der Waals surface area contributed by atoms with Crippen molar-refractivity contribution in [3.8, 4) is 5.75 Å². The largest absolute Gasteiger partial charge is 0.497 e. The number of hydrogen-bond donors (Lipinski definition) is 0. The second kappa shape index (κ2) is 9.67. The lowest BCUT2D eigenvalue weighted by Crippen LogP contribution is -2.46. The first-order valence-electron chi connectivity index (χ1n) is 11.5. The van der Waals surface area contributed by atoms with E-state index in [1.165, 1.54) is 6.07 Å². The normalized spacial score (nSPS) is 17.1. The van der Waals surface area contributed by atoms with E-state index in [0.29, 0.717) is 35.5 Å². The van der Waals surface area contributed by atoms with Crippen molar-refractivity contribution in [2.75, 3.05) is 23.5 Å². The van der Waals surface area contributed by atoms with Gasteiger partial charge in [-0.2, -0.15) is 0 Å². The Morgan fingerprint density at radius 2 is 1.79 bits per heavy atom. The number of nitrogens with zero attached hydrogens (tertiary/aromatic N) is 2. The van der Waals surface area contributed by atoms with E-state index in [1.54, 1.807) is 60.2 Å². The lowest BCUT2D eigenvalue weighted by molar-refractivity contribution is -0.120. The third kappa shape index (κ3) is 4.28. The van der Waals surface area contributed by atoms with Crippen LogP contribution in [-0.4, -0.2) is 31.5 Å². The minimum absolute atomic E-state index is 0.0957. The molecule has 34 heavy (non-hydrogen) atoms.